The third kappa shape index (κ3) is 1.88. The number of hydrogen-bond acceptors (Lipinski definition) is 3. The molecule has 6 heteroatoms. The third-order valence-corrected chi connectivity index (χ3v) is 3.26. The third-order valence-electron chi connectivity index (χ3n) is 3.26. The first-order valence-electron chi connectivity index (χ1n) is 5.22. The van der Waals surface area contributed by atoms with Crippen molar-refractivity contribution in [2.24, 2.45) is 5.73 Å². The molecule has 17 heavy (non-hydrogen) atoms. The number of nitro benzene ring substituents is 1. The van der Waals surface area contributed by atoms with Gasteiger partial charge in [-0.3, -0.25) is 10.1 Å². The van der Waals surface area contributed by atoms with E-state index in [4.69, 9.17) is 5.73 Å². The summed E-state index contributed by atoms with van der Waals surface area (Å²) >= 11 is 0. The summed E-state index contributed by atoms with van der Waals surface area (Å²) in [6.45, 7) is -0.00650. The summed E-state index contributed by atoms with van der Waals surface area (Å²) in [5.74, 6) is -2.76. The molecule has 1 aromatic rings. The second kappa shape index (κ2) is 3.73. The predicted molar refractivity (Wildman–Crippen MR) is 58.0 cm³/mol. The Morgan fingerprint density at radius 1 is 1.35 bits per heavy atom. The van der Waals surface area contributed by atoms with Crippen molar-refractivity contribution in [3.05, 3.63) is 39.9 Å². The fourth-order valence-electron chi connectivity index (χ4n) is 2.46. The standard InChI is InChI=1S/C11H12F2N2O2/c12-11(13)5-10(6-11,7-14)8-3-1-2-4-9(8)15(16)17/h1-4H,5-7,14H2. The van der Waals surface area contributed by atoms with Crippen molar-refractivity contribution < 1.29 is 13.7 Å². The van der Waals surface area contributed by atoms with Gasteiger partial charge >= 0.3 is 0 Å². The van der Waals surface area contributed by atoms with E-state index in [1.54, 1.807) is 6.07 Å². The summed E-state index contributed by atoms with van der Waals surface area (Å²) in [5.41, 5.74) is 4.77. The monoisotopic (exact) mass is 242 g/mol. The molecular weight excluding hydrogens is 230 g/mol. The lowest BCUT2D eigenvalue weighted by atomic mass is 9.61. The van der Waals surface area contributed by atoms with E-state index in [9.17, 15) is 18.9 Å². The molecule has 92 valence electrons. The Kier molecular flexibility index (Phi) is 2.61. The van der Waals surface area contributed by atoms with Crippen LogP contribution < -0.4 is 5.73 Å². The Labute approximate surface area is 96.6 Å². The molecule has 1 saturated carbocycles. The maximum Gasteiger partial charge on any atom is 0.273 e. The van der Waals surface area contributed by atoms with Crippen LogP contribution in [0.2, 0.25) is 0 Å². The van der Waals surface area contributed by atoms with E-state index in [0.29, 0.717) is 5.56 Å². The lowest BCUT2D eigenvalue weighted by Gasteiger charge is -2.46. The molecule has 2 rings (SSSR count). The number of halogens is 2. The minimum atomic E-state index is -2.76. The number of para-hydroxylation sites is 1. The molecular formula is C11H12F2N2O2. The van der Waals surface area contributed by atoms with Gasteiger partial charge in [-0.15, -0.1) is 0 Å². The van der Waals surface area contributed by atoms with Gasteiger partial charge < -0.3 is 5.73 Å². The molecule has 0 saturated heterocycles. The highest BCUT2D eigenvalue weighted by Crippen LogP contribution is 2.54. The Bertz CT molecular complexity index is 455. The fourth-order valence-corrected chi connectivity index (χ4v) is 2.46. The van der Waals surface area contributed by atoms with Crippen LogP contribution in [-0.4, -0.2) is 17.4 Å². The van der Waals surface area contributed by atoms with Gasteiger partial charge in [-0.25, -0.2) is 8.78 Å². The van der Waals surface area contributed by atoms with Gasteiger partial charge in [0.25, 0.3) is 5.69 Å². The summed E-state index contributed by atoms with van der Waals surface area (Å²) < 4.78 is 26.0. The molecule has 4 nitrogen and oxygen atoms in total. The van der Waals surface area contributed by atoms with Crippen LogP contribution in [0, 0.1) is 10.1 Å². The fraction of sp³-hybridized carbons (Fsp3) is 0.455. The van der Waals surface area contributed by atoms with Crippen molar-refractivity contribution >= 4 is 5.69 Å². The maximum atomic E-state index is 13.0. The molecule has 0 spiro atoms. The Balaban J connectivity index is 2.43. The normalized spacial score (nSPS) is 20.6. The molecule has 0 atom stereocenters. The molecule has 0 aromatic heterocycles. The topological polar surface area (TPSA) is 69.2 Å². The SMILES string of the molecule is NCC1(c2ccccc2[N+](=O)[O-])CC(F)(F)C1. The number of hydrogen-bond donors (Lipinski definition) is 1. The zero-order valence-corrected chi connectivity index (χ0v) is 9.03. The van der Waals surface area contributed by atoms with Gasteiger partial charge in [0.15, 0.2) is 0 Å². The average molecular weight is 242 g/mol. The smallest absolute Gasteiger partial charge is 0.273 e. The highest BCUT2D eigenvalue weighted by molar-refractivity contribution is 5.47. The van der Waals surface area contributed by atoms with Crippen molar-refractivity contribution in [2.45, 2.75) is 24.2 Å². The number of benzene rings is 1. The van der Waals surface area contributed by atoms with Gasteiger partial charge in [0.2, 0.25) is 5.92 Å². The molecule has 0 radical (unpaired) electrons. The second-order valence-corrected chi connectivity index (χ2v) is 4.47. The first-order valence-corrected chi connectivity index (χ1v) is 5.22. The summed E-state index contributed by atoms with van der Waals surface area (Å²) in [5, 5.41) is 10.9. The van der Waals surface area contributed by atoms with E-state index in [1.807, 2.05) is 0 Å². The van der Waals surface area contributed by atoms with Gasteiger partial charge in [0.1, 0.15) is 0 Å². The van der Waals surface area contributed by atoms with E-state index in [2.05, 4.69) is 0 Å². The van der Waals surface area contributed by atoms with Crippen molar-refractivity contribution in [1.29, 1.82) is 0 Å². The first kappa shape index (κ1) is 11.9. The number of nitro groups is 1. The van der Waals surface area contributed by atoms with E-state index < -0.39 is 29.1 Å². The highest BCUT2D eigenvalue weighted by Gasteiger charge is 2.58. The van der Waals surface area contributed by atoms with Gasteiger partial charge in [0, 0.05) is 36.4 Å². The zero-order valence-electron chi connectivity index (χ0n) is 9.03. The van der Waals surface area contributed by atoms with E-state index >= 15 is 0 Å². The van der Waals surface area contributed by atoms with Gasteiger partial charge in [-0.2, -0.15) is 0 Å². The quantitative estimate of drug-likeness (QED) is 0.652. The molecule has 1 aromatic carbocycles. The number of nitrogens with zero attached hydrogens (tertiary/aromatic N) is 1. The Morgan fingerprint density at radius 3 is 2.41 bits per heavy atom. The van der Waals surface area contributed by atoms with Crippen LogP contribution in [0.1, 0.15) is 18.4 Å². The van der Waals surface area contributed by atoms with Gasteiger partial charge in [-0.1, -0.05) is 18.2 Å². The van der Waals surface area contributed by atoms with Crippen molar-refractivity contribution in [3.8, 4) is 0 Å². The van der Waals surface area contributed by atoms with E-state index in [1.165, 1.54) is 18.2 Å². The molecule has 0 bridgehead atoms. The average Bonchev–Trinajstić information content (AvgIpc) is 2.25. The van der Waals surface area contributed by atoms with Crippen LogP contribution >= 0.6 is 0 Å². The second-order valence-electron chi connectivity index (χ2n) is 4.47. The van der Waals surface area contributed by atoms with Gasteiger partial charge in [0.05, 0.1) is 4.92 Å². The van der Waals surface area contributed by atoms with Crippen LogP contribution in [-0.2, 0) is 5.41 Å². The molecule has 1 fully saturated rings. The van der Waals surface area contributed by atoms with Crippen LogP contribution in [0.15, 0.2) is 24.3 Å². The molecule has 1 aliphatic carbocycles. The highest BCUT2D eigenvalue weighted by atomic mass is 19.3. The number of nitrogens with two attached hydrogens (primary N) is 1. The minimum Gasteiger partial charge on any atom is -0.330 e. The maximum absolute atomic E-state index is 13.0. The first-order chi connectivity index (χ1) is 7.90. The molecule has 0 amide bonds. The van der Waals surface area contributed by atoms with Crippen molar-refractivity contribution in [3.63, 3.8) is 0 Å². The summed E-state index contributed by atoms with van der Waals surface area (Å²) in [6, 6.07) is 5.96. The lowest BCUT2D eigenvalue weighted by molar-refractivity contribution is -0.386. The largest absolute Gasteiger partial charge is 0.330 e. The van der Waals surface area contributed by atoms with E-state index in [-0.39, 0.29) is 12.2 Å². The summed E-state index contributed by atoms with van der Waals surface area (Å²) in [6.07, 6.45) is -0.831. The summed E-state index contributed by atoms with van der Waals surface area (Å²) in [4.78, 5) is 10.3. The lowest BCUT2D eigenvalue weighted by Crippen LogP contribution is -2.53. The Hall–Kier alpha value is -1.56. The molecule has 0 aliphatic heterocycles. The van der Waals surface area contributed by atoms with Crippen LogP contribution in [0.25, 0.3) is 0 Å². The molecule has 1 aliphatic rings. The molecule has 0 heterocycles. The Morgan fingerprint density at radius 2 is 1.94 bits per heavy atom. The number of rotatable bonds is 3. The van der Waals surface area contributed by atoms with Crippen LogP contribution in [0.3, 0.4) is 0 Å². The van der Waals surface area contributed by atoms with E-state index in [0.717, 1.165) is 0 Å². The van der Waals surface area contributed by atoms with Crippen LogP contribution in [0.5, 0.6) is 0 Å². The number of alkyl halides is 2. The zero-order chi connectivity index (χ0) is 12.7. The van der Waals surface area contributed by atoms with Crippen molar-refractivity contribution in [2.75, 3.05) is 6.54 Å². The summed E-state index contributed by atoms with van der Waals surface area (Å²) in [7, 11) is 0. The van der Waals surface area contributed by atoms with Gasteiger partial charge in [-0.05, 0) is 0 Å². The van der Waals surface area contributed by atoms with Crippen LogP contribution in [0.4, 0.5) is 14.5 Å². The predicted octanol–water partition coefficient (Wildman–Crippen LogP) is 2.22. The molecule has 0 unspecified atom stereocenters. The minimum absolute atomic E-state index is 0.00650. The van der Waals surface area contributed by atoms with Crippen molar-refractivity contribution in [1.82, 2.24) is 0 Å². The molecule has 2 N–H and O–H groups in total.